The molecule has 1 aliphatic heterocycles. The van der Waals surface area contributed by atoms with Gasteiger partial charge in [-0.25, -0.2) is 0 Å². The average Bonchev–Trinajstić information content (AvgIpc) is 2.53. The summed E-state index contributed by atoms with van der Waals surface area (Å²) in [6.45, 7) is 1.58. The maximum absolute atomic E-state index is 5.51. The van der Waals surface area contributed by atoms with Gasteiger partial charge in [-0.3, -0.25) is 4.68 Å². The molecular weight excluding hydrogens is 206 g/mol. The number of aromatic nitrogens is 2. The van der Waals surface area contributed by atoms with E-state index in [1.807, 2.05) is 4.68 Å². The van der Waals surface area contributed by atoms with Gasteiger partial charge in [-0.2, -0.15) is 5.10 Å². The molecule has 0 fully saturated rings. The van der Waals surface area contributed by atoms with Gasteiger partial charge in [0.1, 0.15) is 0 Å². The predicted octanol–water partition coefficient (Wildman–Crippen LogP) is 1.05. The Morgan fingerprint density at radius 1 is 1.64 bits per heavy atom. The van der Waals surface area contributed by atoms with Crippen molar-refractivity contribution in [2.45, 2.75) is 25.9 Å². The van der Waals surface area contributed by atoms with Gasteiger partial charge in [0, 0.05) is 13.1 Å². The number of nitrogens with two attached hydrogens (primary N) is 1. The van der Waals surface area contributed by atoms with Crippen LogP contribution in [0, 0.1) is 0 Å². The Hall–Kier alpha value is -0.350. The number of nitrogens with zero attached hydrogens (tertiary/aromatic N) is 2. The first-order valence-electron chi connectivity index (χ1n) is 3.77. The maximum atomic E-state index is 5.51. The van der Waals surface area contributed by atoms with Crippen molar-refractivity contribution in [2.75, 3.05) is 0 Å². The summed E-state index contributed by atoms with van der Waals surface area (Å²) in [5.41, 5.74) is 7.80. The van der Waals surface area contributed by atoms with Crippen LogP contribution in [-0.4, -0.2) is 9.78 Å². The molecule has 1 aliphatic rings. The lowest BCUT2D eigenvalue weighted by Gasteiger charge is -1.90. The van der Waals surface area contributed by atoms with Crippen LogP contribution in [0.1, 0.15) is 17.8 Å². The molecule has 0 aromatic carbocycles. The van der Waals surface area contributed by atoms with Gasteiger partial charge in [0.25, 0.3) is 0 Å². The molecule has 0 atom stereocenters. The van der Waals surface area contributed by atoms with Gasteiger partial charge in [0.2, 0.25) is 0 Å². The molecule has 1 aromatic heterocycles. The van der Waals surface area contributed by atoms with Gasteiger partial charge in [-0.15, -0.1) is 0 Å². The van der Waals surface area contributed by atoms with Crippen LogP contribution in [0.5, 0.6) is 0 Å². The zero-order valence-electron chi connectivity index (χ0n) is 6.18. The van der Waals surface area contributed by atoms with Crippen molar-refractivity contribution in [1.82, 2.24) is 9.78 Å². The number of hydrogen-bond donors (Lipinski definition) is 1. The van der Waals surface area contributed by atoms with E-state index in [0.717, 1.165) is 23.1 Å². The van der Waals surface area contributed by atoms with Crippen LogP contribution in [-0.2, 0) is 19.5 Å². The van der Waals surface area contributed by atoms with Crippen molar-refractivity contribution in [3.63, 3.8) is 0 Å². The fraction of sp³-hybridized carbons (Fsp3) is 0.571. The van der Waals surface area contributed by atoms with Gasteiger partial charge in [0.15, 0.2) is 0 Å². The van der Waals surface area contributed by atoms with E-state index < -0.39 is 0 Å². The predicted molar refractivity (Wildman–Crippen MR) is 46.1 cm³/mol. The molecule has 0 radical (unpaired) electrons. The molecule has 0 saturated carbocycles. The van der Waals surface area contributed by atoms with Gasteiger partial charge in [-0.05, 0) is 28.8 Å². The number of aryl methyl sites for hydroxylation is 1. The third-order valence-corrected chi connectivity index (χ3v) is 2.95. The third kappa shape index (κ3) is 1.01. The first kappa shape index (κ1) is 7.31. The molecular formula is C7H10BrN3. The Bertz CT molecular complexity index is 279. The zero-order chi connectivity index (χ0) is 7.84. The van der Waals surface area contributed by atoms with E-state index in [1.54, 1.807) is 0 Å². The smallest absolute Gasteiger partial charge is 0.0905 e. The molecule has 3 nitrogen and oxygen atoms in total. The SMILES string of the molecule is NCc1nn2c(c1Br)CCC2. The second kappa shape index (κ2) is 2.60. The molecule has 4 heteroatoms. The third-order valence-electron chi connectivity index (χ3n) is 2.04. The van der Waals surface area contributed by atoms with Crippen molar-refractivity contribution < 1.29 is 0 Å². The average molecular weight is 216 g/mol. The highest BCUT2D eigenvalue weighted by molar-refractivity contribution is 9.10. The fourth-order valence-corrected chi connectivity index (χ4v) is 2.12. The Kier molecular flexibility index (Phi) is 1.73. The summed E-state index contributed by atoms with van der Waals surface area (Å²) >= 11 is 3.50. The highest BCUT2D eigenvalue weighted by Crippen LogP contribution is 2.26. The topological polar surface area (TPSA) is 43.8 Å². The second-order valence-electron chi connectivity index (χ2n) is 2.74. The molecule has 0 aliphatic carbocycles. The van der Waals surface area contributed by atoms with Gasteiger partial charge in [0.05, 0.1) is 15.9 Å². The van der Waals surface area contributed by atoms with Crippen molar-refractivity contribution >= 4 is 15.9 Å². The largest absolute Gasteiger partial charge is 0.325 e. The van der Waals surface area contributed by atoms with E-state index in [4.69, 9.17) is 5.73 Å². The minimum atomic E-state index is 0.528. The van der Waals surface area contributed by atoms with Crippen LogP contribution < -0.4 is 5.73 Å². The zero-order valence-corrected chi connectivity index (χ0v) is 7.76. The summed E-state index contributed by atoms with van der Waals surface area (Å²) < 4.78 is 3.17. The number of hydrogen-bond acceptors (Lipinski definition) is 2. The monoisotopic (exact) mass is 215 g/mol. The van der Waals surface area contributed by atoms with E-state index >= 15 is 0 Å². The minimum Gasteiger partial charge on any atom is -0.325 e. The maximum Gasteiger partial charge on any atom is 0.0905 e. The molecule has 0 amide bonds. The summed E-state index contributed by atoms with van der Waals surface area (Å²) in [5, 5.41) is 4.35. The van der Waals surface area contributed by atoms with E-state index in [2.05, 4.69) is 21.0 Å². The minimum absolute atomic E-state index is 0.528. The fourth-order valence-electron chi connectivity index (χ4n) is 1.48. The number of fused-ring (bicyclic) bond motifs is 1. The van der Waals surface area contributed by atoms with E-state index in [1.165, 1.54) is 12.1 Å². The van der Waals surface area contributed by atoms with Crippen molar-refractivity contribution in [3.05, 3.63) is 15.9 Å². The molecule has 0 bridgehead atoms. The standard InChI is InChI=1S/C7H10BrN3/c8-7-5(4-9)10-11-3-1-2-6(7)11/h1-4,9H2. The molecule has 60 valence electrons. The first-order chi connectivity index (χ1) is 5.33. The van der Waals surface area contributed by atoms with E-state index in [-0.39, 0.29) is 0 Å². The first-order valence-corrected chi connectivity index (χ1v) is 4.56. The van der Waals surface area contributed by atoms with Crippen LogP contribution in [0.3, 0.4) is 0 Å². The summed E-state index contributed by atoms with van der Waals surface area (Å²) in [6, 6.07) is 0. The van der Waals surface area contributed by atoms with Crippen LogP contribution in [0.2, 0.25) is 0 Å². The molecule has 1 aromatic rings. The summed E-state index contributed by atoms with van der Waals surface area (Å²) in [4.78, 5) is 0. The second-order valence-corrected chi connectivity index (χ2v) is 3.53. The molecule has 2 rings (SSSR count). The highest BCUT2D eigenvalue weighted by Gasteiger charge is 2.18. The van der Waals surface area contributed by atoms with Crippen LogP contribution in [0.4, 0.5) is 0 Å². The lowest BCUT2D eigenvalue weighted by atomic mass is 10.3. The Labute approximate surface area is 73.7 Å². The lowest BCUT2D eigenvalue weighted by Crippen LogP contribution is -2.00. The molecule has 0 unspecified atom stereocenters. The molecule has 2 N–H and O–H groups in total. The van der Waals surface area contributed by atoms with Crippen molar-refractivity contribution in [1.29, 1.82) is 0 Å². The van der Waals surface area contributed by atoms with Crippen molar-refractivity contribution in [3.8, 4) is 0 Å². The van der Waals surface area contributed by atoms with E-state index in [9.17, 15) is 0 Å². The van der Waals surface area contributed by atoms with Crippen LogP contribution >= 0.6 is 15.9 Å². The van der Waals surface area contributed by atoms with Gasteiger partial charge >= 0.3 is 0 Å². The molecule has 2 heterocycles. The number of halogens is 1. The highest BCUT2D eigenvalue weighted by atomic mass is 79.9. The van der Waals surface area contributed by atoms with Crippen LogP contribution in [0.15, 0.2) is 4.47 Å². The summed E-state index contributed by atoms with van der Waals surface area (Å²) in [6.07, 6.45) is 2.35. The van der Waals surface area contributed by atoms with Crippen molar-refractivity contribution in [2.24, 2.45) is 5.73 Å². The van der Waals surface area contributed by atoms with Gasteiger partial charge in [-0.1, -0.05) is 0 Å². The molecule has 0 spiro atoms. The Balaban J connectivity index is 2.49. The van der Waals surface area contributed by atoms with Crippen LogP contribution in [0.25, 0.3) is 0 Å². The number of rotatable bonds is 1. The lowest BCUT2D eigenvalue weighted by molar-refractivity contribution is 0.644. The normalized spacial score (nSPS) is 15.5. The summed E-state index contributed by atoms with van der Waals surface area (Å²) in [5.74, 6) is 0. The van der Waals surface area contributed by atoms with E-state index in [0.29, 0.717) is 6.54 Å². The molecule has 11 heavy (non-hydrogen) atoms. The molecule has 0 saturated heterocycles. The summed E-state index contributed by atoms with van der Waals surface area (Å²) in [7, 11) is 0. The van der Waals surface area contributed by atoms with Gasteiger partial charge < -0.3 is 5.73 Å². The Morgan fingerprint density at radius 3 is 3.09 bits per heavy atom. The Morgan fingerprint density at radius 2 is 2.45 bits per heavy atom. The quantitative estimate of drug-likeness (QED) is 0.762.